The van der Waals surface area contributed by atoms with Gasteiger partial charge in [-0.1, -0.05) is 12.1 Å². The van der Waals surface area contributed by atoms with Gasteiger partial charge in [0.05, 0.1) is 0 Å². The number of aromatic hydroxyl groups is 4. The Balaban J connectivity index is 0.000000240. The highest BCUT2D eigenvalue weighted by molar-refractivity contribution is 5.78. The fourth-order valence-corrected chi connectivity index (χ4v) is 1.93. The second-order valence-electron chi connectivity index (χ2n) is 5.40. The van der Waals surface area contributed by atoms with Gasteiger partial charge < -0.3 is 20.4 Å². The number of hydrogen-bond acceptors (Lipinski definition) is 6. The summed E-state index contributed by atoms with van der Waals surface area (Å²) >= 11 is 0. The fraction of sp³-hybridized carbons (Fsp3) is 0.222. The molecule has 0 atom stereocenters. The molecule has 2 rings (SSSR count). The Morgan fingerprint density at radius 3 is 1.25 bits per heavy atom. The maximum atomic E-state index is 10.7. The highest BCUT2D eigenvalue weighted by Gasteiger charge is 2.03. The summed E-state index contributed by atoms with van der Waals surface area (Å²) in [5.74, 6) is -0.646. The lowest BCUT2D eigenvalue weighted by atomic mass is 10.1. The molecule has 0 amide bonds. The third-order valence-electron chi connectivity index (χ3n) is 2.99. The van der Waals surface area contributed by atoms with Crippen molar-refractivity contribution in [2.75, 3.05) is 0 Å². The highest BCUT2D eigenvalue weighted by Crippen LogP contribution is 2.25. The molecule has 6 nitrogen and oxygen atoms in total. The lowest BCUT2D eigenvalue weighted by Crippen LogP contribution is -1.95. The smallest absolute Gasteiger partial charge is 0.157 e. The fourth-order valence-electron chi connectivity index (χ4n) is 1.93. The van der Waals surface area contributed by atoms with Gasteiger partial charge in [-0.2, -0.15) is 0 Å². The lowest BCUT2D eigenvalue weighted by molar-refractivity contribution is -0.117. The molecule has 24 heavy (non-hydrogen) atoms. The summed E-state index contributed by atoms with van der Waals surface area (Å²) in [6, 6.07) is 8.72. The first-order valence-corrected chi connectivity index (χ1v) is 7.19. The number of phenolic OH excluding ortho intramolecular Hbond substituents is 4. The van der Waals surface area contributed by atoms with E-state index in [4.69, 9.17) is 20.4 Å². The summed E-state index contributed by atoms with van der Waals surface area (Å²) in [5, 5.41) is 36.0. The van der Waals surface area contributed by atoms with E-state index in [2.05, 4.69) is 0 Å². The van der Waals surface area contributed by atoms with Crippen LogP contribution in [0.15, 0.2) is 36.4 Å². The van der Waals surface area contributed by atoms with Crippen LogP contribution in [0.3, 0.4) is 0 Å². The SMILES string of the molecule is CC(=O)Cc1ccc(O)c(O)c1.CC(=O)Cc1ccc(O)c(O)c1. The largest absolute Gasteiger partial charge is 0.504 e. The van der Waals surface area contributed by atoms with Crippen LogP contribution in [0.5, 0.6) is 23.0 Å². The van der Waals surface area contributed by atoms with Crippen LogP contribution < -0.4 is 0 Å². The monoisotopic (exact) mass is 332 g/mol. The number of ketones is 2. The van der Waals surface area contributed by atoms with Gasteiger partial charge in [0.15, 0.2) is 23.0 Å². The molecule has 0 aliphatic carbocycles. The van der Waals surface area contributed by atoms with Crippen LogP contribution >= 0.6 is 0 Å². The van der Waals surface area contributed by atoms with Crippen LogP contribution in [0, 0.1) is 0 Å². The number of carbonyl (C=O) groups excluding carboxylic acids is 2. The van der Waals surface area contributed by atoms with Crippen molar-refractivity contribution >= 4 is 11.6 Å². The van der Waals surface area contributed by atoms with Gasteiger partial charge in [0.1, 0.15) is 11.6 Å². The second-order valence-corrected chi connectivity index (χ2v) is 5.40. The van der Waals surface area contributed by atoms with Crippen molar-refractivity contribution in [3.63, 3.8) is 0 Å². The Labute approximate surface area is 139 Å². The van der Waals surface area contributed by atoms with Gasteiger partial charge in [-0.25, -0.2) is 0 Å². The van der Waals surface area contributed by atoms with Gasteiger partial charge in [0.25, 0.3) is 0 Å². The molecule has 2 aromatic carbocycles. The van der Waals surface area contributed by atoms with Crippen LogP contribution in [0.4, 0.5) is 0 Å². The molecule has 128 valence electrons. The first-order chi connectivity index (χ1) is 11.2. The molecule has 0 aliphatic heterocycles. The Kier molecular flexibility index (Phi) is 6.79. The molecular formula is C18H20O6. The third-order valence-corrected chi connectivity index (χ3v) is 2.99. The molecule has 0 saturated carbocycles. The van der Waals surface area contributed by atoms with Crippen molar-refractivity contribution in [3.8, 4) is 23.0 Å². The van der Waals surface area contributed by atoms with Crippen LogP contribution in [-0.2, 0) is 22.4 Å². The standard InChI is InChI=1S/2C9H10O3/c2*1-6(10)4-7-2-3-8(11)9(12)5-7/h2*2-3,5,11-12H,4H2,1H3. The first kappa shape index (κ1) is 19.0. The van der Waals surface area contributed by atoms with Crippen molar-refractivity contribution in [2.45, 2.75) is 26.7 Å². The zero-order valence-electron chi connectivity index (χ0n) is 13.5. The molecule has 0 bridgehead atoms. The Morgan fingerprint density at radius 1 is 0.667 bits per heavy atom. The average molecular weight is 332 g/mol. The molecular weight excluding hydrogens is 312 g/mol. The third kappa shape index (κ3) is 6.39. The Morgan fingerprint density at radius 2 is 1.00 bits per heavy atom. The summed E-state index contributed by atoms with van der Waals surface area (Å²) in [6.07, 6.45) is 0.571. The predicted octanol–water partition coefficient (Wildman–Crippen LogP) is 2.46. The van der Waals surface area contributed by atoms with Crippen LogP contribution in [0.25, 0.3) is 0 Å². The van der Waals surface area contributed by atoms with Crippen molar-refractivity contribution in [3.05, 3.63) is 47.5 Å². The van der Waals surface area contributed by atoms with Gasteiger partial charge in [-0.15, -0.1) is 0 Å². The molecule has 0 aliphatic rings. The van der Waals surface area contributed by atoms with E-state index >= 15 is 0 Å². The van der Waals surface area contributed by atoms with E-state index in [0.717, 1.165) is 0 Å². The van der Waals surface area contributed by atoms with Crippen molar-refractivity contribution < 1.29 is 30.0 Å². The van der Waals surface area contributed by atoms with Gasteiger partial charge in [-0.3, -0.25) is 9.59 Å². The summed E-state index contributed by atoms with van der Waals surface area (Å²) in [7, 11) is 0. The zero-order valence-corrected chi connectivity index (χ0v) is 13.5. The molecule has 6 heteroatoms. The molecule has 0 spiro atoms. The Hall–Kier alpha value is -3.02. The molecule has 0 aromatic heterocycles. The molecule has 0 heterocycles. The van der Waals surface area contributed by atoms with E-state index in [9.17, 15) is 9.59 Å². The number of Topliss-reactive ketones (excluding diaryl/α,β-unsaturated/α-hetero) is 2. The number of hydrogen-bond donors (Lipinski definition) is 4. The second kappa shape index (κ2) is 8.57. The molecule has 2 aromatic rings. The van der Waals surface area contributed by atoms with Gasteiger partial charge in [0.2, 0.25) is 0 Å². The minimum Gasteiger partial charge on any atom is -0.504 e. The molecule has 0 saturated heterocycles. The number of benzene rings is 2. The van der Waals surface area contributed by atoms with Crippen LogP contribution in [0.2, 0.25) is 0 Å². The van der Waals surface area contributed by atoms with Gasteiger partial charge in [-0.05, 0) is 49.2 Å². The van der Waals surface area contributed by atoms with E-state index in [-0.39, 0.29) is 47.4 Å². The van der Waals surface area contributed by atoms with E-state index in [1.807, 2.05) is 0 Å². The minimum atomic E-state index is -0.186. The van der Waals surface area contributed by atoms with E-state index in [0.29, 0.717) is 11.1 Å². The minimum absolute atomic E-state index is 0.0279. The average Bonchev–Trinajstić information content (AvgIpc) is 2.46. The normalized spacial score (nSPS) is 9.75. The molecule has 0 unspecified atom stereocenters. The molecule has 4 N–H and O–H groups in total. The summed E-state index contributed by atoms with van der Waals surface area (Å²) in [5.41, 5.74) is 1.41. The van der Waals surface area contributed by atoms with Gasteiger partial charge in [0, 0.05) is 12.8 Å². The lowest BCUT2D eigenvalue weighted by Gasteiger charge is -2.00. The Bertz CT molecular complexity index is 673. The maximum Gasteiger partial charge on any atom is 0.157 e. The summed E-state index contributed by atoms with van der Waals surface area (Å²) in [6.45, 7) is 2.95. The van der Waals surface area contributed by atoms with Crippen molar-refractivity contribution in [2.24, 2.45) is 0 Å². The predicted molar refractivity (Wildman–Crippen MR) is 88.3 cm³/mol. The van der Waals surface area contributed by atoms with Crippen molar-refractivity contribution in [1.29, 1.82) is 0 Å². The topological polar surface area (TPSA) is 115 Å². The highest BCUT2D eigenvalue weighted by atomic mass is 16.3. The van der Waals surface area contributed by atoms with Crippen molar-refractivity contribution in [1.82, 2.24) is 0 Å². The number of carbonyl (C=O) groups is 2. The summed E-state index contributed by atoms with van der Waals surface area (Å²) in [4.78, 5) is 21.3. The molecule has 0 fully saturated rings. The number of phenols is 4. The van der Waals surface area contributed by atoms with E-state index in [1.165, 1.54) is 38.1 Å². The molecule has 0 radical (unpaired) electrons. The maximum absolute atomic E-state index is 10.7. The number of rotatable bonds is 4. The quantitative estimate of drug-likeness (QED) is 0.639. The van der Waals surface area contributed by atoms with Crippen LogP contribution in [0.1, 0.15) is 25.0 Å². The zero-order chi connectivity index (χ0) is 18.3. The van der Waals surface area contributed by atoms with E-state index in [1.54, 1.807) is 12.1 Å². The van der Waals surface area contributed by atoms with E-state index < -0.39 is 0 Å². The first-order valence-electron chi connectivity index (χ1n) is 7.19. The van der Waals surface area contributed by atoms with Crippen LogP contribution in [-0.4, -0.2) is 32.0 Å². The summed E-state index contributed by atoms with van der Waals surface area (Å²) < 4.78 is 0. The van der Waals surface area contributed by atoms with Gasteiger partial charge >= 0.3 is 0 Å².